The summed E-state index contributed by atoms with van der Waals surface area (Å²) in [4.78, 5) is 17.4. The lowest BCUT2D eigenvalue weighted by Crippen LogP contribution is -2.19. The SMILES string of the molecule is CN(C)CCOc1c(C(=O)O)sc2ccncc12. The number of likely N-dealkylation sites (N-methyl/N-ethyl adjacent to an activating group) is 1. The third kappa shape index (κ3) is 2.60. The summed E-state index contributed by atoms with van der Waals surface area (Å²) >= 11 is 1.21. The van der Waals surface area contributed by atoms with E-state index in [4.69, 9.17) is 4.74 Å². The van der Waals surface area contributed by atoms with Gasteiger partial charge in [0.15, 0.2) is 10.6 Å². The molecule has 0 aliphatic rings. The van der Waals surface area contributed by atoms with Gasteiger partial charge in [0.1, 0.15) is 6.61 Å². The van der Waals surface area contributed by atoms with Crippen LogP contribution in [0, 0.1) is 0 Å². The lowest BCUT2D eigenvalue weighted by Gasteiger charge is -2.10. The van der Waals surface area contributed by atoms with Crippen molar-refractivity contribution < 1.29 is 14.6 Å². The van der Waals surface area contributed by atoms with Gasteiger partial charge in [0.2, 0.25) is 0 Å². The molecule has 0 radical (unpaired) electrons. The normalized spacial score (nSPS) is 11.1. The molecule has 0 atom stereocenters. The predicted molar refractivity (Wildman–Crippen MR) is 70.6 cm³/mol. The Bertz CT molecular complexity index is 565. The molecule has 2 rings (SSSR count). The number of carboxylic acids is 1. The molecular weight excluding hydrogens is 252 g/mol. The molecule has 18 heavy (non-hydrogen) atoms. The standard InChI is InChI=1S/C12H14N2O3S/c1-14(2)5-6-17-10-8-7-13-4-3-9(8)18-11(10)12(15)16/h3-4,7H,5-6H2,1-2H3,(H,15,16). The molecule has 96 valence electrons. The first kappa shape index (κ1) is 12.8. The van der Waals surface area contributed by atoms with Gasteiger partial charge in [-0.2, -0.15) is 0 Å². The molecule has 0 amide bonds. The van der Waals surface area contributed by atoms with E-state index in [0.717, 1.165) is 16.6 Å². The fourth-order valence-electron chi connectivity index (χ4n) is 1.53. The lowest BCUT2D eigenvalue weighted by molar-refractivity contribution is 0.0698. The minimum atomic E-state index is -0.962. The summed E-state index contributed by atoms with van der Waals surface area (Å²) in [6, 6.07) is 1.80. The molecule has 0 unspecified atom stereocenters. The highest BCUT2D eigenvalue weighted by atomic mass is 32.1. The lowest BCUT2D eigenvalue weighted by atomic mass is 10.3. The maximum Gasteiger partial charge on any atom is 0.349 e. The Balaban J connectivity index is 2.33. The molecule has 2 heterocycles. The van der Waals surface area contributed by atoms with E-state index in [2.05, 4.69) is 4.98 Å². The number of fused-ring (bicyclic) bond motifs is 1. The van der Waals surface area contributed by atoms with Crippen molar-refractivity contribution in [2.75, 3.05) is 27.2 Å². The molecule has 5 nitrogen and oxygen atoms in total. The summed E-state index contributed by atoms with van der Waals surface area (Å²) in [5.74, 6) is -0.534. The molecule has 2 aromatic rings. The largest absolute Gasteiger partial charge is 0.490 e. The molecule has 0 saturated carbocycles. The number of hydrogen-bond acceptors (Lipinski definition) is 5. The van der Waals surface area contributed by atoms with Gasteiger partial charge in [0.25, 0.3) is 0 Å². The molecule has 0 aromatic carbocycles. The van der Waals surface area contributed by atoms with Crippen LogP contribution in [0.25, 0.3) is 10.1 Å². The van der Waals surface area contributed by atoms with Crippen molar-refractivity contribution >= 4 is 27.4 Å². The van der Waals surface area contributed by atoms with Crippen molar-refractivity contribution in [3.05, 3.63) is 23.3 Å². The highest BCUT2D eigenvalue weighted by Crippen LogP contribution is 2.37. The molecular formula is C12H14N2O3S. The Labute approximate surface area is 109 Å². The zero-order valence-corrected chi connectivity index (χ0v) is 11.0. The van der Waals surface area contributed by atoms with Crippen molar-refractivity contribution in [2.45, 2.75) is 0 Å². The van der Waals surface area contributed by atoms with Crippen molar-refractivity contribution in [3.63, 3.8) is 0 Å². The summed E-state index contributed by atoms with van der Waals surface area (Å²) in [5, 5.41) is 9.94. The van der Waals surface area contributed by atoms with Crippen molar-refractivity contribution in [3.8, 4) is 5.75 Å². The summed E-state index contributed by atoms with van der Waals surface area (Å²) in [5.41, 5.74) is 0. The zero-order valence-electron chi connectivity index (χ0n) is 10.2. The first-order chi connectivity index (χ1) is 8.59. The monoisotopic (exact) mass is 266 g/mol. The number of aromatic carboxylic acids is 1. The van der Waals surface area contributed by atoms with Crippen LogP contribution in [0.3, 0.4) is 0 Å². The minimum absolute atomic E-state index is 0.233. The number of pyridine rings is 1. The Kier molecular flexibility index (Phi) is 3.78. The third-order valence-corrected chi connectivity index (χ3v) is 3.56. The van der Waals surface area contributed by atoms with E-state index in [9.17, 15) is 9.90 Å². The van der Waals surface area contributed by atoms with Gasteiger partial charge >= 0.3 is 5.97 Å². The smallest absolute Gasteiger partial charge is 0.349 e. The first-order valence-electron chi connectivity index (χ1n) is 5.47. The molecule has 0 saturated heterocycles. The number of aromatic nitrogens is 1. The van der Waals surface area contributed by atoms with Gasteiger partial charge in [-0.15, -0.1) is 11.3 Å². The Hall–Kier alpha value is -1.66. The second-order valence-electron chi connectivity index (χ2n) is 4.09. The maximum absolute atomic E-state index is 11.2. The zero-order chi connectivity index (χ0) is 13.1. The van der Waals surface area contributed by atoms with Gasteiger partial charge in [0, 0.05) is 23.6 Å². The van der Waals surface area contributed by atoms with Gasteiger partial charge in [-0.25, -0.2) is 4.79 Å². The van der Waals surface area contributed by atoms with Crippen molar-refractivity contribution in [2.24, 2.45) is 0 Å². The van der Waals surface area contributed by atoms with Gasteiger partial charge in [-0.3, -0.25) is 4.98 Å². The summed E-state index contributed by atoms with van der Waals surface area (Å²) in [6.45, 7) is 1.19. The van der Waals surface area contributed by atoms with Crippen LogP contribution in [0.15, 0.2) is 18.5 Å². The predicted octanol–water partition coefficient (Wildman–Crippen LogP) is 1.93. The molecule has 0 fully saturated rings. The van der Waals surface area contributed by atoms with Crippen molar-refractivity contribution in [1.29, 1.82) is 0 Å². The molecule has 6 heteroatoms. The van der Waals surface area contributed by atoms with Gasteiger partial charge < -0.3 is 14.7 Å². The van der Waals surface area contributed by atoms with Crippen LogP contribution in [0.1, 0.15) is 9.67 Å². The van der Waals surface area contributed by atoms with Gasteiger partial charge in [-0.1, -0.05) is 0 Å². The van der Waals surface area contributed by atoms with Crippen LogP contribution < -0.4 is 4.74 Å². The van der Waals surface area contributed by atoms with E-state index in [1.807, 2.05) is 19.0 Å². The molecule has 2 aromatic heterocycles. The van der Waals surface area contributed by atoms with Crippen LogP contribution in [0.5, 0.6) is 5.75 Å². The number of ether oxygens (including phenoxy) is 1. The molecule has 0 bridgehead atoms. The Morgan fingerprint density at radius 2 is 2.33 bits per heavy atom. The highest BCUT2D eigenvalue weighted by molar-refractivity contribution is 7.21. The first-order valence-corrected chi connectivity index (χ1v) is 6.28. The van der Waals surface area contributed by atoms with Crippen LogP contribution in [0.2, 0.25) is 0 Å². The van der Waals surface area contributed by atoms with E-state index in [1.54, 1.807) is 18.5 Å². The average molecular weight is 266 g/mol. The van der Waals surface area contributed by atoms with Crippen LogP contribution in [-0.2, 0) is 0 Å². The quantitative estimate of drug-likeness (QED) is 0.896. The molecule has 1 N–H and O–H groups in total. The van der Waals surface area contributed by atoms with Crippen LogP contribution in [0.4, 0.5) is 0 Å². The fraction of sp³-hybridized carbons (Fsp3) is 0.333. The van der Waals surface area contributed by atoms with Gasteiger partial charge in [-0.05, 0) is 20.2 Å². The number of thiophene rings is 1. The number of nitrogens with zero attached hydrogens (tertiary/aromatic N) is 2. The van der Waals surface area contributed by atoms with Crippen molar-refractivity contribution in [1.82, 2.24) is 9.88 Å². The van der Waals surface area contributed by atoms with Gasteiger partial charge in [0.05, 0.1) is 5.39 Å². The second-order valence-corrected chi connectivity index (χ2v) is 5.14. The number of carboxylic acid groups (broad SMARTS) is 1. The number of carbonyl (C=O) groups is 1. The molecule has 0 aliphatic heterocycles. The van der Waals surface area contributed by atoms with E-state index in [-0.39, 0.29) is 4.88 Å². The summed E-state index contributed by atoms with van der Waals surface area (Å²) < 4.78 is 6.49. The second kappa shape index (κ2) is 5.32. The van der Waals surface area contributed by atoms with Crippen LogP contribution >= 0.6 is 11.3 Å². The molecule has 0 spiro atoms. The highest BCUT2D eigenvalue weighted by Gasteiger charge is 2.19. The van der Waals surface area contributed by atoms with Crippen LogP contribution in [-0.4, -0.2) is 48.2 Å². The third-order valence-electron chi connectivity index (χ3n) is 2.42. The maximum atomic E-state index is 11.2. The fourth-order valence-corrected chi connectivity index (χ4v) is 2.49. The Morgan fingerprint density at radius 3 is 3.00 bits per heavy atom. The minimum Gasteiger partial charge on any atom is -0.490 e. The average Bonchev–Trinajstić information content (AvgIpc) is 2.68. The molecule has 0 aliphatic carbocycles. The van der Waals surface area contributed by atoms with E-state index in [1.165, 1.54) is 11.3 Å². The van der Waals surface area contributed by atoms with E-state index < -0.39 is 5.97 Å². The van der Waals surface area contributed by atoms with E-state index >= 15 is 0 Å². The summed E-state index contributed by atoms with van der Waals surface area (Å²) in [7, 11) is 3.88. The number of rotatable bonds is 5. The number of hydrogen-bond donors (Lipinski definition) is 1. The topological polar surface area (TPSA) is 62.7 Å². The van der Waals surface area contributed by atoms with E-state index in [0.29, 0.717) is 12.4 Å². The summed E-state index contributed by atoms with van der Waals surface area (Å²) in [6.07, 6.45) is 3.29. The Morgan fingerprint density at radius 1 is 1.56 bits per heavy atom.